The molecule has 0 bridgehead atoms. The number of nitrogens with two attached hydrogens (primary N) is 1. The molecule has 1 fully saturated rings. The summed E-state index contributed by atoms with van der Waals surface area (Å²) in [6.07, 6.45) is 2.22. The van der Waals surface area contributed by atoms with Crippen LogP contribution in [0.1, 0.15) is 25.3 Å². The first-order valence-corrected chi connectivity index (χ1v) is 7.11. The van der Waals surface area contributed by atoms with Crippen LogP contribution in [-0.4, -0.2) is 19.1 Å². The molecular formula is C14H18BrN3. The lowest BCUT2D eigenvalue weighted by atomic mass is 9.90. The highest BCUT2D eigenvalue weighted by molar-refractivity contribution is 9.10. The van der Waals surface area contributed by atoms with Crippen LogP contribution < -0.4 is 10.6 Å². The summed E-state index contributed by atoms with van der Waals surface area (Å²) in [6, 6.07) is 8.44. The van der Waals surface area contributed by atoms with Crippen molar-refractivity contribution in [3.8, 4) is 6.07 Å². The van der Waals surface area contributed by atoms with E-state index in [9.17, 15) is 5.26 Å². The highest BCUT2D eigenvalue weighted by Crippen LogP contribution is 2.28. The molecule has 1 unspecified atom stereocenters. The molecule has 1 aromatic carbocycles. The summed E-state index contributed by atoms with van der Waals surface area (Å²) in [5, 5.41) is 9.20. The average Bonchev–Trinajstić information content (AvgIpc) is 2.38. The van der Waals surface area contributed by atoms with E-state index < -0.39 is 0 Å². The second-order valence-corrected chi connectivity index (χ2v) is 5.87. The maximum Gasteiger partial charge on any atom is 0.101 e. The number of rotatable bonds is 2. The molecule has 4 heteroatoms. The van der Waals surface area contributed by atoms with Gasteiger partial charge < -0.3 is 10.6 Å². The fourth-order valence-electron chi connectivity index (χ4n) is 2.54. The van der Waals surface area contributed by atoms with Crippen molar-refractivity contribution in [3.63, 3.8) is 0 Å². The van der Waals surface area contributed by atoms with Gasteiger partial charge >= 0.3 is 0 Å². The minimum Gasteiger partial charge on any atom is -0.370 e. The Morgan fingerprint density at radius 3 is 2.67 bits per heavy atom. The Bertz CT molecular complexity index is 457. The fraction of sp³-hybridized carbons (Fsp3) is 0.500. The minimum absolute atomic E-state index is 0.271. The molecule has 96 valence electrons. The van der Waals surface area contributed by atoms with Gasteiger partial charge in [-0.05, 0) is 43.9 Å². The lowest BCUT2D eigenvalue weighted by Crippen LogP contribution is -2.40. The van der Waals surface area contributed by atoms with E-state index in [0.29, 0.717) is 5.92 Å². The molecular weight excluding hydrogens is 290 g/mol. The zero-order valence-corrected chi connectivity index (χ0v) is 12.2. The molecule has 0 radical (unpaired) electrons. The van der Waals surface area contributed by atoms with Crippen LogP contribution in [-0.2, 0) is 0 Å². The summed E-state index contributed by atoms with van der Waals surface area (Å²) in [6.45, 7) is 4.06. The van der Waals surface area contributed by atoms with Gasteiger partial charge in [-0.15, -0.1) is 0 Å². The topological polar surface area (TPSA) is 53.0 Å². The highest BCUT2D eigenvalue weighted by atomic mass is 79.9. The lowest BCUT2D eigenvalue weighted by Gasteiger charge is -2.35. The van der Waals surface area contributed by atoms with Gasteiger partial charge in [0.1, 0.15) is 6.07 Å². The molecule has 18 heavy (non-hydrogen) atoms. The van der Waals surface area contributed by atoms with Crippen molar-refractivity contribution in [2.45, 2.75) is 25.8 Å². The minimum atomic E-state index is 0.271. The third-order valence-corrected chi connectivity index (χ3v) is 4.20. The molecule has 1 aliphatic rings. The summed E-state index contributed by atoms with van der Waals surface area (Å²) >= 11 is 3.40. The monoisotopic (exact) mass is 307 g/mol. The van der Waals surface area contributed by atoms with E-state index in [0.717, 1.165) is 41.7 Å². The fourth-order valence-corrected chi connectivity index (χ4v) is 2.90. The second kappa shape index (κ2) is 5.73. The first-order chi connectivity index (χ1) is 8.61. The van der Waals surface area contributed by atoms with Gasteiger partial charge in [-0.1, -0.05) is 15.9 Å². The molecule has 1 saturated heterocycles. The average molecular weight is 308 g/mol. The van der Waals surface area contributed by atoms with E-state index in [-0.39, 0.29) is 6.04 Å². The van der Waals surface area contributed by atoms with Crippen molar-refractivity contribution in [1.29, 1.82) is 5.26 Å². The summed E-state index contributed by atoms with van der Waals surface area (Å²) < 4.78 is 0.952. The van der Waals surface area contributed by atoms with Gasteiger partial charge in [0.2, 0.25) is 0 Å². The molecule has 1 heterocycles. The van der Waals surface area contributed by atoms with Gasteiger partial charge in [0, 0.05) is 23.6 Å². The van der Waals surface area contributed by atoms with Crippen molar-refractivity contribution in [2.24, 2.45) is 11.7 Å². The number of nitriles is 1. The predicted octanol–water partition coefficient (Wildman–Crippen LogP) is 2.88. The Morgan fingerprint density at radius 1 is 1.44 bits per heavy atom. The van der Waals surface area contributed by atoms with Crippen LogP contribution in [0.3, 0.4) is 0 Å². The van der Waals surface area contributed by atoms with Crippen LogP contribution in [0.25, 0.3) is 0 Å². The molecule has 0 aromatic heterocycles. The number of halogens is 1. The maximum absolute atomic E-state index is 9.20. The first-order valence-electron chi connectivity index (χ1n) is 6.32. The van der Waals surface area contributed by atoms with Gasteiger partial charge in [0.05, 0.1) is 11.3 Å². The Kier molecular flexibility index (Phi) is 4.26. The third kappa shape index (κ3) is 2.85. The molecule has 3 nitrogen and oxygen atoms in total. The van der Waals surface area contributed by atoms with E-state index in [2.05, 4.69) is 33.8 Å². The smallest absolute Gasteiger partial charge is 0.101 e. The molecule has 0 spiro atoms. The van der Waals surface area contributed by atoms with Crippen LogP contribution in [0.4, 0.5) is 5.69 Å². The number of hydrogen-bond donors (Lipinski definition) is 1. The molecule has 0 amide bonds. The summed E-state index contributed by atoms with van der Waals surface area (Å²) in [5.74, 6) is 0.613. The Balaban J connectivity index is 2.13. The lowest BCUT2D eigenvalue weighted by molar-refractivity contribution is 0.354. The van der Waals surface area contributed by atoms with E-state index >= 15 is 0 Å². The second-order valence-electron chi connectivity index (χ2n) is 4.96. The number of anilines is 1. The van der Waals surface area contributed by atoms with Crippen LogP contribution in [0, 0.1) is 17.2 Å². The number of hydrogen-bond acceptors (Lipinski definition) is 3. The van der Waals surface area contributed by atoms with Gasteiger partial charge in [-0.25, -0.2) is 0 Å². The molecule has 2 rings (SSSR count). The summed E-state index contributed by atoms with van der Waals surface area (Å²) in [4.78, 5) is 2.30. The molecule has 2 N–H and O–H groups in total. The predicted molar refractivity (Wildman–Crippen MR) is 77.4 cm³/mol. The van der Waals surface area contributed by atoms with Gasteiger partial charge in [-0.3, -0.25) is 0 Å². The quantitative estimate of drug-likeness (QED) is 0.914. The van der Waals surface area contributed by atoms with Crippen LogP contribution >= 0.6 is 15.9 Å². The molecule has 0 aliphatic carbocycles. The number of piperidine rings is 1. The summed E-state index contributed by atoms with van der Waals surface area (Å²) in [7, 11) is 0. The zero-order valence-electron chi connectivity index (χ0n) is 10.6. The molecule has 0 saturated carbocycles. The number of benzene rings is 1. The summed E-state index contributed by atoms with van der Waals surface area (Å²) in [5.41, 5.74) is 7.73. The normalized spacial score (nSPS) is 18.4. The molecule has 1 atom stereocenters. The largest absolute Gasteiger partial charge is 0.370 e. The number of nitrogens with zero attached hydrogens (tertiary/aromatic N) is 2. The van der Waals surface area contributed by atoms with Crippen molar-refractivity contribution in [2.75, 3.05) is 18.0 Å². The van der Waals surface area contributed by atoms with Crippen molar-refractivity contribution < 1.29 is 0 Å². The maximum atomic E-state index is 9.20. The van der Waals surface area contributed by atoms with Crippen molar-refractivity contribution in [1.82, 2.24) is 0 Å². The van der Waals surface area contributed by atoms with Gasteiger partial charge in [0.25, 0.3) is 0 Å². The Morgan fingerprint density at radius 2 is 2.11 bits per heavy atom. The standard InChI is InChI=1S/C14H18BrN3/c1-10(17)11-4-6-18(7-5-11)14-3-2-13(15)8-12(14)9-16/h2-3,8,10-11H,4-7,17H2,1H3. The SMILES string of the molecule is CC(N)C1CCN(c2ccc(Br)cc2C#N)CC1. The first kappa shape index (κ1) is 13.4. The van der Waals surface area contributed by atoms with E-state index in [1.165, 1.54) is 0 Å². The van der Waals surface area contributed by atoms with Crippen molar-refractivity contribution >= 4 is 21.6 Å². The highest BCUT2D eigenvalue weighted by Gasteiger charge is 2.23. The zero-order chi connectivity index (χ0) is 13.1. The van der Waals surface area contributed by atoms with Gasteiger partial charge in [0.15, 0.2) is 0 Å². The van der Waals surface area contributed by atoms with E-state index in [4.69, 9.17) is 5.73 Å². The van der Waals surface area contributed by atoms with Crippen LogP contribution in [0.5, 0.6) is 0 Å². The van der Waals surface area contributed by atoms with Crippen molar-refractivity contribution in [3.05, 3.63) is 28.2 Å². The Hall–Kier alpha value is -1.05. The molecule has 1 aromatic rings. The van der Waals surface area contributed by atoms with Crippen LogP contribution in [0.2, 0.25) is 0 Å². The third-order valence-electron chi connectivity index (χ3n) is 3.70. The van der Waals surface area contributed by atoms with E-state index in [1.54, 1.807) is 0 Å². The van der Waals surface area contributed by atoms with Gasteiger partial charge in [-0.2, -0.15) is 5.26 Å². The van der Waals surface area contributed by atoms with Crippen LogP contribution in [0.15, 0.2) is 22.7 Å². The Labute approximate surface area is 117 Å². The molecule has 1 aliphatic heterocycles. The van der Waals surface area contributed by atoms with E-state index in [1.807, 2.05) is 18.2 Å².